The third-order valence-electron chi connectivity index (χ3n) is 5.34. The second-order valence-electron chi connectivity index (χ2n) is 6.70. The Labute approximate surface area is 149 Å². The summed E-state index contributed by atoms with van der Waals surface area (Å²) in [5.74, 6) is 0.966. The van der Waals surface area contributed by atoms with Crippen molar-refractivity contribution in [3.63, 3.8) is 0 Å². The van der Waals surface area contributed by atoms with E-state index in [0.717, 1.165) is 32.4 Å². The van der Waals surface area contributed by atoms with Crippen molar-refractivity contribution in [1.82, 2.24) is 9.62 Å². The Hall–Kier alpha value is -1.51. The first kappa shape index (κ1) is 18.3. The van der Waals surface area contributed by atoms with Crippen LogP contribution in [0.5, 0.6) is 17.2 Å². The number of benzene rings is 1. The van der Waals surface area contributed by atoms with Crippen LogP contribution in [0.25, 0.3) is 0 Å². The maximum absolute atomic E-state index is 13.3. The van der Waals surface area contributed by atoms with Crippen LogP contribution in [-0.2, 0) is 10.0 Å². The van der Waals surface area contributed by atoms with Crippen LogP contribution >= 0.6 is 0 Å². The first-order valence-corrected chi connectivity index (χ1v) is 9.91. The fourth-order valence-electron chi connectivity index (χ4n) is 3.82. The molecule has 2 saturated heterocycles. The number of hydrogen-bond donors (Lipinski definition) is 1. The van der Waals surface area contributed by atoms with E-state index in [1.54, 1.807) is 16.4 Å². The fourth-order valence-corrected chi connectivity index (χ4v) is 5.65. The molecule has 0 unspecified atom stereocenters. The molecule has 25 heavy (non-hydrogen) atoms. The molecular weight excluding hydrogens is 344 g/mol. The number of methoxy groups -OCH3 is 3. The van der Waals surface area contributed by atoms with Gasteiger partial charge in [-0.2, -0.15) is 4.31 Å². The predicted octanol–water partition coefficient (Wildman–Crippen LogP) is 1.48. The standard InChI is InChI=1S/C17H26N2O5S/c1-22-13-10-14(23-2)16(15(11-13)24-3)25(20,21)19-9-6-17(12-19)4-7-18-8-5-17/h10-11,18H,4-9,12H2,1-3H3. The quantitative estimate of drug-likeness (QED) is 0.846. The van der Waals surface area contributed by atoms with Crippen LogP contribution < -0.4 is 19.5 Å². The van der Waals surface area contributed by atoms with Crippen LogP contribution in [0.4, 0.5) is 0 Å². The number of ether oxygens (including phenoxy) is 3. The molecule has 2 heterocycles. The van der Waals surface area contributed by atoms with Gasteiger partial charge < -0.3 is 19.5 Å². The van der Waals surface area contributed by atoms with Gasteiger partial charge in [0.1, 0.15) is 17.2 Å². The molecular formula is C17H26N2O5S. The van der Waals surface area contributed by atoms with Gasteiger partial charge in [-0.25, -0.2) is 8.42 Å². The van der Waals surface area contributed by atoms with Crippen LogP contribution in [0.2, 0.25) is 0 Å². The lowest BCUT2D eigenvalue weighted by atomic mass is 9.78. The van der Waals surface area contributed by atoms with Crippen molar-refractivity contribution in [1.29, 1.82) is 0 Å². The van der Waals surface area contributed by atoms with Crippen LogP contribution in [0.1, 0.15) is 19.3 Å². The molecule has 1 N–H and O–H groups in total. The molecule has 0 saturated carbocycles. The number of nitrogens with one attached hydrogen (secondary N) is 1. The highest BCUT2D eigenvalue weighted by Gasteiger charge is 2.44. The first-order valence-electron chi connectivity index (χ1n) is 8.47. The summed E-state index contributed by atoms with van der Waals surface area (Å²) in [7, 11) is 0.700. The highest BCUT2D eigenvalue weighted by molar-refractivity contribution is 7.89. The summed E-state index contributed by atoms with van der Waals surface area (Å²) in [5, 5.41) is 3.35. The average molecular weight is 370 g/mol. The van der Waals surface area contributed by atoms with E-state index < -0.39 is 10.0 Å². The third-order valence-corrected chi connectivity index (χ3v) is 7.24. The maximum atomic E-state index is 13.3. The van der Waals surface area contributed by atoms with Gasteiger partial charge in [-0.15, -0.1) is 0 Å². The van der Waals surface area contributed by atoms with Crippen molar-refractivity contribution in [3.8, 4) is 17.2 Å². The minimum Gasteiger partial charge on any atom is -0.496 e. The zero-order chi connectivity index (χ0) is 18.1. The highest BCUT2D eigenvalue weighted by atomic mass is 32.2. The summed E-state index contributed by atoms with van der Waals surface area (Å²) in [6.07, 6.45) is 2.92. The number of nitrogens with zero attached hydrogens (tertiary/aromatic N) is 1. The van der Waals surface area contributed by atoms with Gasteiger partial charge in [0.25, 0.3) is 10.0 Å². The molecule has 0 bridgehead atoms. The van der Waals surface area contributed by atoms with Crippen molar-refractivity contribution in [2.45, 2.75) is 24.2 Å². The minimum atomic E-state index is -3.72. The summed E-state index contributed by atoms with van der Waals surface area (Å²) in [6.45, 7) is 2.97. The average Bonchev–Trinajstić information content (AvgIpc) is 3.05. The fraction of sp³-hybridized carbons (Fsp3) is 0.647. The van der Waals surface area contributed by atoms with Crippen molar-refractivity contribution < 1.29 is 22.6 Å². The molecule has 1 spiro atoms. The van der Waals surface area contributed by atoms with E-state index in [1.165, 1.54) is 21.3 Å². The maximum Gasteiger partial charge on any atom is 0.250 e. The Morgan fingerprint density at radius 1 is 1.00 bits per heavy atom. The topological polar surface area (TPSA) is 77.1 Å². The molecule has 2 aliphatic rings. The van der Waals surface area contributed by atoms with Gasteiger partial charge in [-0.3, -0.25) is 0 Å². The SMILES string of the molecule is COc1cc(OC)c(S(=O)(=O)N2CCC3(CCNCC3)C2)c(OC)c1. The van der Waals surface area contributed by atoms with Crippen molar-refractivity contribution >= 4 is 10.0 Å². The number of hydrogen-bond acceptors (Lipinski definition) is 6. The largest absolute Gasteiger partial charge is 0.496 e. The van der Waals surface area contributed by atoms with E-state index in [4.69, 9.17) is 14.2 Å². The number of rotatable bonds is 5. The van der Waals surface area contributed by atoms with Gasteiger partial charge in [0, 0.05) is 25.2 Å². The molecule has 0 aliphatic carbocycles. The number of piperidine rings is 1. The third kappa shape index (κ3) is 3.30. The van der Waals surface area contributed by atoms with Gasteiger partial charge in [0.2, 0.25) is 0 Å². The van der Waals surface area contributed by atoms with Crippen LogP contribution in [0, 0.1) is 5.41 Å². The molecule has 7 nitrogen and oxygen atoms in total. The van der Waals surface area contributed by atoms with E-state index in [9.17, 15) is 8.42 Å². The molecule has 2 fully saturated rings. The molecule has 1 aromatic rings. The minimum absolute atomic E-state index is 0.0734. The van der Waals surface area contributed by atoms with Crippen molar-refractivity contribution in [2.75, 3.05) is 47.5 Å². The van der Waals surface area contributed by atoms with Gasteiger partial charge >= 0.3 is 0 Å². The van der Waals surface area contributed by atoms with E-state index >= 15 is 0 Å². The predicted molar refractivity (Wildman–Crippen MR) is 94.0 cm³/mol. The Bertz CT molecular complexity index is 704. The first-order chi connectivity index (χ1) is 12.0. The molecule has 140 valence electrons. The Morgan fingerprint density at radius 2 is 1.60 bits per heavy atom. The van der Waals surface area contributed by atoms with E-state index in [-0.39, 0.29) is 21.8 Å². The van der Waals surface area contributed by atoms with Crippen molar-refractivity contribution in [3.05, 3.63) is 12.1 Å². The summed E-state index contributed by atoms with van der Waals surface area (Å²) < 4.78 is 44.1. The zero-order valence-electron chi connectivity index (χ0n) is 15.0. The Kier molecular flexibility index (Phi) is 5.13. The lowest BCUT2D eigenvalue weighted by Gasteiger charge is -2.33. The molecule has 0 aromatic heterocycles. The Morgan fingerprint density at radius 3 is 2.12 bits per heavy atom. The van der Waals surface area contributed by atoms with Gasteiger partial charge in [0.05, 0.1) is 21.3 Å². The summed E-state index contributed by atoms with van der Waals surface area (Å²) in [5.41, 5.74) is 0.0886. The summed E-state index contributed by atoms with van der Waals surface area (Å²) in [4.78, 5) is 0.0734. The number of sulfonamides is 1. The second kappa shape index (κ2) is 7.01. The van der Waals surface area contributed by atoms with Crippen LogP contribution in [0.15, 0.2) is 17.0 Å². The summed E-state index contributed by atoms with van der Waals surface area (Å²) in [6, 6.07) is 3.15. The normalized spacial score (nSPS) is 20.6. The van der Waals surface area contributed by atoms with Gasteiger partial charge in [-0.1, -0.05) is 0 Å². The lowest BCUT2D eigenvalue weighted by molar-refractivity contribution is 0.218. The molecule has 0 radical (unpaired) electrons. The second-order valence-corrected chi connectivity index (χ2v) is 8.57. The molecule has 0 amide bonds. The van der Waals surface area contributed by atoms with E-state index in [2.05, 4.69) is 5.32 Å². The zero-order valence-corrected chi connectivity index (χ0v) is 15.8. The Balaban J connectivity index is 1.97. The van der Waals surface area contributed by atoms with Gasteiger partial charge in [-0.05, 0) is 37.8 Å². The van der Waals surface area contributed by atoms with Crippen LogP contribution in [0.3, 0.4) is 0 Å². The molecule has 0 atom stereocenters. The molecule has 1 aromatic carbocycles. The molecule has 8 heteroatoms. The van der Waals surface area contributed by atoms with Gasteiger partial charge in [0.15, 0.2) is 4.90 Å². The van der Waals surface area contributed by atoms with E-state index in [0.29, 0.717) is 18.8 Å². The molecule has 3 rings (SSSR count). The van der Waals surface area contributed by atoms with Crippen LogP contribution in [-0.4, -0.2) is 60.2 Å². The monoisotopic (exact) mass is 370 g/mol. The van der Waals surface area contributed by atoms with E-state index in [1.807, 2.05) is 0 Å². The lowest BCUT2D eigenvalue weighted by Crippen LogP contribution is -2.39. The molecule has 2 aliphatic heterocycles. The van der Waals surface area contributed by atoms with Crippen molar-refractivity contribution in [2.24, 2.45) is 5.41 Å². The highest BCUT2D eigenvalue weighted by Crippen LogP contribution is 2.44. The summed E-state index contributed by atoms with van der Waals surface area (Å²) >= 11 is 0. The smallest absolute Gasteiger partial charge is 0.250 e.